The summed E-state index contributed by atoms with van der Waals surface area (Å²) >= 11 is 0. The first-order valence-electron chi connectivity index (χ1n) is 9.76. The molecule has 1 heterocycles. The molecule has 27 heavy (non-hydrogen) atoms. The number of morpholine rings is 1. The van der Waals surface area contributed by atoms with E-state index in [0.717, 1.165) is 44.8 Å². The maximum Gasteiger partial charge on any atom is 0.315 e. The summed E-state index contributed by atoms with van der Waals surface area (Å²) in [7, 11) is 0. The Morgan fingerprint density at radius 2 is 1.85 bits per heavy atom. The Balaban J connectivity index is 1.72. The van der Waals surface area contributed by atoms with Crippen LogP contribution >= 0.6 is 0 Å². The number of ether oxygens (including phenoxy) is 1. The van der Waals surface area contributed by atoms with Gasteiger partial charge in [-0.15, -0.1) is 0 Å². The zero-order valence-corrected chi connectivity index (χ0v) is 16.4. The molecule has 3 amide bonds. The zero-order chi connectivity index (χ0) is 19.5. The van der Waals surface area contributed by atoms with Gasteiger partial charge in [0.25, 0.3) is 0 Å². The van der Waals surface area contributed by atoms with Gasteiger partial charge in [0.2, 0.25) is 5.91 Å². The lowest BCUT2D eigenvalue weighted by atomic mass is 10.1. The van der Waals surface area contributed by atoms with Crippen molar-refractivity contribution in [2.24, 2.45) is 0 Å². The van der Waals surface area contributed by atoms with Gasteiger partial charge in [-0.3, -0.25) is 9.69 Å². The maximum absolute atomic E-state index is 12.0. The molecule has 1 saturated heterocycles. The fourth-order valence-corrected chi connectivity index (χ4v) is 2.86. The monoisotopic (exact) mass is 376 g/mol. The van der Waals surface area contributed by atoms with Crippen LogP contribution in [0.5, 0.6) is 0 Å². The first-order chi connectivity index (χ1) is 13.1. The highest BCUT2D eigenvalue weighted by molar-refractivity contribution is 5.78. The topological polar surface area (TPSA) is 82.7 Å². The Morgan fingerprint density at radius 3 is 2.56 bits per heavy atom. The number of urea groups is 1. The van der Waals surface area contributed by atoms with E-state index in [2.05, 4.69) is 26.9 Å². The average molecular weight is 377 g/mol. The summed E-state index contributed by atoms with van der Waals surface area (Å²) in [6.07, 6.45) is 1.18. The molecule has 7 heteroatoms. The molecule has 0 saturated carbocycles. The highest BCUT2D eigenvalue weighted by atomic mass is 16.5. The van der Waals surface area contributed by atoms with Crippen LogP contribution in [0.4, 0.5) is 4.79 Å². The van der Waals surface area contributed by atoms with Gasteiger partial charge in [-0.2, -0.15) is 0 Å². The lowest BCUT2D eigenvalue weighted by Crippen LogP contribution is -2.39. The Kier molecular flexibility index (Phi) is 9.07. The van der Waals surface area contributed by atoms with Crippen molar-refractivity contribution in [3.63, 3.8) is 0 Å². The molecule has 1 aromatic rings. The Bertz CT molecular complexity index is 603. The van der Waals surface area contributed by atoms with Gasteiger partial charge in [-0.25, -0.2) is 4.79 Å². The predicted molar refractivity (Wildman–Crippen MR) is 105 cm³/mol. The number of hydrogen-bond acceptors (Lipinski definition) is 4. The molecular weight excluding hydrogens is 344 g/mol. The van der Waals surface area contributed by atoms with Gasteiger partial charge in [0.05, 0.1) is 13.2 Å². The molecule has 2 rings (SSSR count). The molecule has 1 aliphatic rings. The van der Waals surface area contributed by atoms with E-state index in [9.17, 15) is 9.59 Å². The van der Waals surface area contributed by atoms with Crippen molar-refractivity contribution in [1.29, 1.82) is 0 Å². The summed E-state index contributed by atoms with van der Waals surface area (Å²) in [4.78, 5) is 26.1. The van der Waals surface area contributed by atoms with Crippen LogP contribution in [0.2, 0.25) is 0 Å². The standard InChI is InChI=1S/C20H32N4O3/c1-3-16(2)23-19(25)8-9-21-20(26)22-14-17-6-4-5-7-18(17)15-24-10-12-27-13-11-24/h4-7,16H,3,8-15H2,1-2H3,(H,23,25)(H2,21,22,26)/t16-/m0/s1. The Labute approximate surface area is 161 Å². The van der Waals surface area contributed by atoms with Gasteiger partial charge in [0, 0.05) is 45.2 Å². The minimum absolute atomic E-state index is 0.0412. The number of carbonyl (C=O) groups is 2. The van der Waals surface area contributed by atoms with Crippen LogP contribution in [0.25, 0.3) is 0 Å². The van der Waals surface area contributed by atoms with E-state index < -0.39 is 0 Å². The molecular formula is C20H32N4O3. The third-order valence-electron chi connectivity index (χ3n) is 4.71. The SMILES string of the molecule is CC[C@H](C)NC(=O)CCNC(=O)NCc1ccccc1CN1CCOCC1. The van der Waals surface area contributed by atoms with E-state index in [-0.39, 0.29) is 24.4 Å². The van der Waals surface area contributed by atoms with Crippen molar-refractivity contribution in [1.82, 2.24) is 20.9 Å². The number of nitrogens with zero attached hydrogens (tertiary/aromatic N) is 1. The maximum atomic E-state index is 12.0. The van der Waals surface area contributed by atoms with Crippen LogP contribution in [0, 0.1) is 0 Å². The van der Waals surface area contributed by atoms with Crippen molar-refractivity contribution in [3.05, 3.63) is 35.4 Å². The summed E-state index contributed by atoms with van der Waals surface area (Å²) in [5.74, 6) is -0.0412. The molecule has 1 fully saturated rings. The average Bonchev–Trinajstić information content (AvgIpc) is 2.68. The quantitative estimate of drug-likeness (QED) is 0.612. The van der Waals surface area contributed by atoms with Crippen LogP contribution in [0.15, 0.2) is 24.3 Å². The van der Waals surface area contributed by atoms with E-state index in [0.29, 0.717) is 13.1 Å². The molecule has 0 radical (unpaired) electrons. The first-order valence-corrected chi connectivity index (χ1v) is 9.76. The zero-order valence-electron chi connectivity index (χ0n) is 16.4. The third-order valence-corrected chi connectivity index (χ3v) is 4.71. The van der Waals surface area contributed by atoms with Gasteiger partial charge in [0.1, 0.15) is 0 Å². The normalized spacial score (nSPS) is 15.8. The van der Waals surface area contributed by atoms with Crippen molar-refractivity contribution >= 4 is 11.9 Å². The van der Waals surface area contributed by atoms with E-state index in [4.69, 9.17) is 4.74 Å². The van der Waals surface area contributed by atoms with Crippen LogP contribution in [0.1, 0.15) is 37.8 Å². The van der Waals surface area contributed by atoms with Gasteiger partial charge in [-0.05, 0) is 24.5 Å². The van der Waals surface area contributed by atoms with Gasteiger partial charge >= 0.3 is 6.03 Å². The number of benzene rings is 1. The second kappa shape index (κ2) is 11.6. The molecule has 0 aromatic heterocycles. The smallest absolute Gasteiger partial charge is 0.315 e. The van der Waals surface area contributed by atoms with Crippen molar-refractivity contribution in [2.45, 2.75) is 45.8 Å². The fourth-order valence-electron chi connectivity index (χ4n) is 2.86. The summed E-state index contributed by atoms with van der Waals surface area (Å²) in [6, 6.07) is 8.05. The van der Waals surface area contributed by atoms with Crippen LogP contribution in [-0.2, 0) is 22.6 Å². The fraction of sp³-hybridized carbons (Fsp3) is 0.600. The number of rotatable bonds is 9. The number of amides is 3. The summed E-state index contributed by atoms with van der Waals surface area (Å²) in [5.41, 5.74) is 2.32. The predicted octanol–water partition coefficient (Wildman–Crippen LogP) is 1.62. The molecule has 0 aliphatic carbocycles. The minimum Gasteiger partial charge on any atom is -0.379 e. The van der Waals surface area contributed by atoms with Crippen molar-refractivity contribution in [3.8, 4) is 0 Å². The minimum atomic E-state index is -0.257. The van der Waals surface area contributed by atoms with E-state index in [1.54, 1.807) is 0 Å². The van der Waals surface area contributed by atoms with Gasteiger partial charge in [-0.1, -0.05) is 31.2 Å². The van der Waals surface area contributed by atoms with E-state index in [1.807, 2.05) is 32.0 Å². The van der Waals surface area contributed by atoms with Crippen LogP contribution in [-0.4, -0.2) is 55.7 Å². The highest BCUT2D eigenvalue weighted by Gasteiger charge is 2.13. The molecule has 1 atom stereocenters. The molecule has 150 valence electrons. The number of nitrogens with one attached hydrogen (secondary N) is 3. The Morgan fingerprint density at radius 1 is 1.15 bits per heavy atom. The number of hydrogen-bond donors (Lipinski definition) is 3. The number of carbonyl (C=O) groups excluding carboxylic acids is 2. The lowest BCUT2D eigenvalue weighted by molar-refractivity contribution is -0.121. The third kappa shape index (κ3) is 7.97. The second-order valence-corrected chi connectivity index (χ2v) is 6.89. The molecule has 3 N–H and O–H groups in total. The first kappa shape index (κ1) is 21.2. The summed E-state index contributed by atoms with van der Waals surface area (Å²) < 4.78 is 5.39. The highest BCUT2D eigenvalue weighted by Crippen LogP contribution is 2.12. The molecule has 1 aromatic carbocycles. The largest absolute Gasteiger partial charge is 0.379 e. The van der Waals surface area contributed by atoms with Crippen LogP contribution < -0.4 is 16.0 Å². The van der Waals surface area contributed by atoms with Crippen molar-refractivity contribution in [2.75, 3.05) is 32.8 Å². The summed E-state index contributed by atoms with van der Waals surface area (Å²) in [6.45, 7) is 9.04. The lowest BCUT2D eigenvalue weighted by Gasteiger charge is -2.27. The molecule has 1 aliphatic heterocycles. The Hall–Kier alpha value is -2.12. The molecule has 0 spiro atoms. The molecule has 0 unspecified atom stereocenters. The van der Waals surface area contributed by atoms with Crippen molar-refractivity contribution < 1.29 is 14.3 Å². The molecule has 7 nitrogen and oxygen atoms in total. The van der Waals surface area contributed by atoms with E-state index >= 15 is 0 Å². The van der Waals surface area contributed by atoms with Gasteiger partial charge < -0.3 is 20.7 Å². The second-order valence-electron chi connectivity index (χ2n) is 6.89. The van der Waals surface area contributed by atoms with Crippen LogP contribution in [0.3, 0.4) is 0 Å². The van der Waals surface area contributed by atoms with Gasteiger partial charge in [0.15, 0.2) is 0 Å². The van der Waals surface area contributed by atoms with E-state index in [1.165, 1.54) is 5.56 Å². The molecule has 0 bridgehead atoms. The summed E-state index contributed by atoms with van der Waals surface area (Å²) in [5, 5.41) is 8.50.